The molecule has 0 unspecified atom stereocenters. The molecule has 0 atom stereocenters. The SMILES string of the molecule is COc1ccc2c(CSc3nnc(-c4ccccc4)n3Cc3ccco3)cc(=O)oc2c1. The second-order valence-electron chi connectivity index (χ2n) is 7.08. The molecule has 3 aromatic heterocycles. The maximum atomic E-state index is 12.1. The van der Waals surface area contributed by atoms with Crippen molar-refractivity contribution < 1.29 is 13.6 Å². The van der Waals surface area contributed by atoms with E-state index in [2.05, 4.69) is 10.2 Å². The summed E-state index contributed by atoms with van der Waals surface area (Å²) in [5.41, 5.74) is 1.92. The summed E-state index contributed by atoms with van der Waals surface area (Å²) in [5, 5.41) is 10.5. The van der Waals surface area contributed by atoms with Crippen LogP contribution in [0.25, 0.3) is 22.4 Å². The van der Waals surface area contributed by atoms with Crippen LogP contribution < -0.4 is 10.4 Å². The summed E-state index contributed by atoms with van der Waals surface area (Å²) in [6, 6.07) is 20.7. The molecule has 2 aromatic carbocycles. The Morgan fingerprint density at radius 1 is 1.03 bits per heavy atom. The van der Waals surface area contributed by atoms with E-state index in [1.807, 2.05) is 59.2 Å². The van der Waals surface area contributed by atoms with Crippen molar-refractivity contribution in [1.82, 2.24) is 14.8 Å². The van der Waals surface area contributed by atoms with Crippen LogP contribution in [0.3, 0.4) is 0 Å². The average Bonchev–Trinajstić information content (AvgIpc) is 3.48. The number of benzene rings is 2. The molecule has 0 aliphatic carbocycles. The van der Waals surface area contributed by atoms with Crippen LogP contribution in [0.5, 0.6) is 5.75 Å². The summed E-state index contributed by atoms with van der Waals surface area (Å²) >= 11 is 1.51. The van der Waals surface area contributed by atoms with Gasteiger partial charge in [-0.3, -0.25) is 4.57 Å². The zero-order chi connectivity index (χ0) is 21.9. The first-order valence-corrected chi connectivity index (χ1v) is 10.9. The number of aromatic nitrogens is 3. The van der Waals surface area contributed by atoms with Crippen LogP contribution in [-0.4, -0.2) is 21.9 Å². The van der Waals surface area contributed by atoms with Gasteiger partial charge in [0.2, 0.25) is 0 Å². The Kier molecular flexibility index (Phi) is 5.51. The highest BCUT2D eigenvalue weighted by molar-refractivity contribution is 7.98. The zero-order valence-electron chi connectivity index (χ0n) is 17.2. The zero-order valence-corrected chi connectivity index (χ0v) is 18.0. The van der Waals surface area contributed by atoms with Gasteiger partial charge in [-0.2, -0.15) is 0 Å². The minimum Gasteiger partial charge on any atom is -0.497 e. The third kappa shape index (κ3) is 4.04. The smallest absolute Gasteiger partial charge is 0.336 e. The first-order chi connectivity index (χ1) is 15.7. The summed E-state index contributed by atoms with van der Waals surface area (Å²) in [5.74, 6) is 2.73. The van der Waals surface area contributed by atoms with Crippen molar-refractivity contribution in [2.75, 3.05) is 7.11 Å². The molecule has 0 aliphatic heterocycles. The van der Waals surface area contributed by atoms with Crippen molar-refractivity contribution in [2.45, 2.75) is 17.5 Å². The molecule has 7 nitrogen and oxygen atoms in total. The Morgan fingerprint density at radius 2 is 1.91 bits per heavy atom. The van der Waals surface area contributed by atoms with E-state index < -0.39 is 5.63 Å². The minimum absolute atomic E-state index is 0.400. The van der Waals surface area contributed by atoms with E-state index in [1.165, 1.54) is 17.8 Å². The monoisotopic (exact) mass is 445 g/mol. The summed E-state index contributed by atoms with van der Waals surface area (Å²) in [6.07, 6.45) is 1.65. The molecule has 0 N–H and O–H groups in total. The van der Waals surface area contributed by atoms with Crippen LogP contribution in [0.1, 0.15) is 11.3 Å². The molecule has 32 heavy (non-hydrogen) atoms. The van der Waals surface area contributed by atoms with Gasteiger partial charge >= 0.3 is 5.63 Å². The lowest BCUT2D eigenvalue weighted by molar-refractivity contribution is 0.414. The van der Waals surface area contributed by atoms with E-state index in [0.717, 1.165) is 33.3 Å². The average molecular weight is 446 g/mol. The van der Waals surface area contributed by atoms with Crippen molar-refractivity contribution in [2.24, 2.45) is 0 Å². The summed E-state index contributed by atoms with van der Waals surface area (Å²) in [6.45, 7) is 0.501. The largest absolute Gasteiger partial charge is 0.497 e. The quantitative estimate of drug-likeness (QED) is 0.258. The molecule has 0 bridgehead atoms. The van der Waals surface area contributed by atoms with Crippen molar-refractivity contribution in [3.05, 3.63) is 94.7 Å². The van der Waals surface area contributed by atoms with Gasteiger partial charge in [-0.05, 0) is 29.8 Å². The Bertz CT molecular complexity index is 1410. The van der Waals surface area contributed by atoms with E-state index in [4.69, 9.17) is 13.6 Å². The number of nitrogens with zero attached hydrogens (tertiary/aromatic N) is 3. The molecule has 8 heteroatoms. The number of furan rings is 1. The maximum absolute atomic E-state index is 12.1. The van der Waals surface area contributed by atoms with Crippen LogP contribution >= 0.6 is 11.8 Å². The fourth-order valence-corrected chi connectivity index (χ4v) is 4.42. The highest BCUT2D eigenvalue weighted by Crippen LogP contribution is 2.30. The second-order valence-corrected chi connectivity index (χ2v) is 8.02. The van der Waals surface area contributed by atoms with E-state index >= 15 is 0 Å². The molecular weight excluding hydrogens is 426 g/mol. The Labute approximate surface area is 187 Å². The molecule has 0 amide bonds. The van der Waals surface area contributed by atoms with Gasteiger partial charge in [0.1, 0.15) is 17.1 Å². The van der Waals surface area contributed by atoms with E-state index in [0.29, 0.717) is 23.6 Å². The van der Waals surface area contributed by atoms with Gasteiger partial charge in [0.25, 0.3) is 0 Å². The number of methoxy groups -OCH3 is 1. The van der Waals surface area contributed by atoms with Crippen molar-refractivity contribution >= 4 is 22.7 Å². The van der Waals surface area contributed by atoms with Crippen LogP contribution in [0.4, 0.5) is 0 Å². The number of ether oxygens (including phenoxy) is 1. The summed E-state index contributed by atoms with van der Waals surface area (Å²) in [4.78, 5) is 12.1. The highest BCUT2D eigenvalue weighted by atomic mass is 32.2. The van der Waals surface area contributed by atoms with Crippen molar-refractivity contribution in [3.63, 3.8) is 0 Å². The van der Waals surface area contributed by atoms with E-state index in [-0.39, 0.29) is 0 Å². The van der Waals surface area contributed by atoms with Crippen LogP contribution in [0.15, 0.2) is 91.8 Å². The van der Waals surface area contributed by atoms with Gasteiger partial charge in [0.05, 0.1) is 19.9 Å². The van der Waals surface area contributed by atoms with Gasteiger partial charge in [-0.15, -0.1) is 10.2 Å². The molecule has 0 saturated heterocycles. The number of rotatable bonds is 7. The number of hydrogen-bond acceptors (Lipinski definition) is 7. The van der Waals surface area contributed by atoms with E-state index in [9.17, 15) is 4.79 Å². The fourth-order valence-electron chi connectivity index (χ4n) is 3.50. The molecule has 0 radical (unpaired) electrons. The molecule has 160 valence electrons. The molecule has 0 spiro atoms. The highest BCUT2D eigenvalue weighted by Gasteiger charge is 2.17. The van der Waals surface area contributed by atoms with Gasteiger partial charge in [-0.25, -0.2) is 4.79 Å². The van der Waals surface area contributed by atoms with E-state index in [1.54, 1.807) is 19.4 Å². The van der Waals surface area contributed by atoms with Gasteiger partial charge in [0.15, 0.2) is 11.0 Å². The predicted molar refractivity (Wildman–Crippen MR) is 122 cm³/mol. The Morgan fingerprint density at radius 3 is 2.69 bits per heavy atom. The third-order valence-corrected chi connectivity index (χ3v) is 6.05. The lowest BCUT2D eigenvalue weighted by Gasteiger charge is -2.10. The standard InChI is InChI=1S/C24H19N3O4S/c1-29-18-9-10-20-17(12-22(28)31-21(20)13-18)15-32-24-26-25-23(16-6-3-2-4-7-16)27(24)14-19-8-5-11-30-19/h2-13H,14-15H2,1H3. The predicted octanol–water partition coefficient (Wildman–Crippen LogP) is 4.99. The van der Waals surface area contributed by atoms with Crippen molar-refractivity contribution in [3.8, 4) is 17.1 Å². The fraction of sp³-hybridized carbons (Fsp3) is 0.125. The molecule has 5 aromatic rings. The molecular formula is C24H19N3O4S. The van der Waals surface area contributed by atoms with Crippen LogP contribution in [-0.2, 0) is 12.3 Å². The minimum atomic E-state index is -0.400. The molecule has 5 rings (SSSR count). The van der Waals surface area contributed by atoms with Crippen molar-refractivity contribution in [1.29, 1.82) is 0 Å². The number of thioether (sulfide) groups is 1. The maximum Gasteiger partial charge on any atom is 0.336 e. The Hall–Kier alpha value is -3.78. The topological polar surface area (TPSA) is 83.3 Å². The van der Waals surface area contributed by atoms with Gasteiger partial charge in [0, 0.05) is 28.8 Å². The normalized spacial score (nSPS) is 11.2. The third-order valence-electron chi connectivity index (χ3n) is 5.04. The lowest BCUT2D eigenvalue weighted by atomic mass is 10.1. The molecule has 0 fully saturated rings. The Balaban J connectivity index is 1.50. The summed E-state index contributed by atoms with van der Waals surface area (Å²) < 4.78 is 18.2. The first kappa shape index (κ1) is 20.1. The second kappa shape index (κ2) is 8.76. The van der Waals surface area contributed by atoms with Gasteiger partial charge in [-0.1, -0.05) is 42.1 Å². The molecule has 0 aliphatic rings. The van der Waals surface area contributed by atoms with Crippen LogP contribution in [0.2, 0.25) is 0 Å². The van der Waals surface area contributed by atoms with Gasteiger partial charge < -0.3 is 13.6 Å². The molecule has 0 saturated carbocycles. The molecule has 3 heterocycles. The first-order valence-electron chi connectivity index (χ1n) is 9.96. The number of fused-ring (bicyclic) bond motifs is 1. The summed E-state index contributed by atoms with van der Waals surface area (Å²) in [7, 11) is 1.58. The van der Waals surface area contributed by atoms with Crippen LogP contribution in [0, 0.1) is 0 Å². The number of hydrogen-bond donors (Lipinski definition) is 0. The lowest BCUT2D eigenvalue weighted by Crippen LogP contribution is -2.04.